The van der Waals surface area contributed by atoms with Crippen molar-refractivity contribution in [1.82, 2.24) is 0 Å². The molecule has 1 aromatic rings. The standard InChI is InChI=1S/C15H18O2Si/c1-13(14-9-6-5-7-10-14)15(16)17-11-8-12-18(2,3)4/h5-7,9-10H,1,11H2,2-4H3. The van der Waals surface area contributed by atoms with Crippen molar-refractivity contribution in [3.8, 4) is 11.5 Å². The van der Waals surface area contributed by atoms with E-state index in [1.807, 2.05) is 30.3 Å². The highest BCUT2D eigenvalue weighted by molar-refractivity contribution is 6.83. The van der Waals surface area contributed by atoms with Gasteiger partial charge in [-0.2, -0.15) is 0 Å². The van der Waals surface area contributed by atoms with Crippen molar-refractivity contribution < 1.29 is 9.53 Å². The zero-order valence-corrected chi connectivity index (χ0v) is 12.1. The van der Waals surface area contributed by atoms with Crippen LogP contribution >= 0.6 is 0 Å². The lowest BCUT2D eigenvalue weighted by atomic mass is 10.1. The molecule has 0 N–H and O–H groups in total. The van der Waals surface area contributed by atoms with Gasteiger partial charge in [0.1, 0.15) is 8.07 Å². The summed E-state index contributed by atoms with van der Waals surface area (Å²) in [6, 6.07) is 9.27. The summed E-state index contributed by atoms with van der Waals surface area (Å²) in [6.07, 6.45) is 0. The predicted molar refractivity (Wildman–Crippen MR) is 77.6 cm³/mol. The second-order valence-corrected chi connectivity index (χ2v) is 9.72. The van der Waals surface area contributed by atoms with Gasteiger partial charge in [-0.1, -0.05) is 62.5 Å². The summed E-state index contributed by atoms with van der Waals surface area (Å²) in [6.45, 7) is 10.3. The largest absolute Gasteiger partial charge is 0.449 e. The minimum absolute atomic E-state index is 0.134. The summed E-state index contributed by atoms with van der Waals surface area (Å²) in [4.78, 5) is 11.7. The van der Waals surface area contributed by atoms with E-state index in [9.17, 15) is 4.79 Å². The molecule has 0 aliphatic heterocycles. The fraction of sp³-hybridized carbons (Fsp3) is 0.267. The number of esters is 1. The fourth-order valence-electron chi connectivity index (χ4n) is 1.25. The lowest BCUT2D eigenvalue weighted by Gasteiger charge is -2.05. The van der Waals surface area contributed by atoms with Gasteiger partial charge in [0.15, 0.2) is 6.61 Å². The summed E-state index contributed by atoms with van der Waals surface area (Å²) in [5.41, 5.74) is 4.28. The Morgan fingerprint density at radius 2 is 1.89 bits per heavy atom. The summed E-state index contributed by atoms with van der Waals surface area (Å²) < 4.78 is 5.06. The molecular formula is C15H18O2Si. The average molecular weight is 258 g/mol. The Balaban J connectivity index is 2.52. The quantitative estimate of drug-likeness (QED) is 0.360. The minimum Gasteiger partial charge on any atom is -0.449 e. The molecule has 1 rings (SSSR count). The van der Waals surface area contributed by atoms with Gasteiger partial charge in [0.25, 0.3) is 0 Å². The average Bonchev–Trinajstić information content (AvgIpc) is 2.33. The summed E-state index contributed by atoms with van der Waals surface area (Å²) in [7, 11) is -1.40. The van der Waals surface area contributed by atoms with E-state index >= 15 is 0 Å². The zero-order chi connectivity index (χ0) is 13.6. The molecule has 0 aliphatic carbocycles. The van der Waals surface area contributed by atoms with Crippen LogP contribution in [0.2, 0.25) is 19.6 Å². The van der Waals surface area contributed by atoms with Gasteiger partial charge in [0.05, 0.1) is 5.57 Å². The lowest BCUT2D eigenvalue weighted by Crippen LogP contribution is -2.17. The van der Waals surface area contributed by atoms with E-state index in [0.29, 0.717) is 5.57 Å². The molecule has 3 heteroatoms. The molecule has 0 fully saturated rings. The SMILES string of the molecule is C=C(C(=O)OCC#C[Si](C)(C)C)c1ccccc1. The van der Waals surface area contributed by atoms with Crippen LogP contribution in [-0.2, 0) is 9.53 Å². The van der Waals surface area contributed by atoms with Crippen LogP contribution in [0.4, 0.5) is 0 Å². The van der Waals surface area contributed by atoms with E-state index in [1.54, 1.807) is 0 Å². The van der Waals surface area contributed by atoms with Crippen molar-refractivity contribution in [2.75, 3.05) is 6.61 Å². The van der Waals surface area contributed by atoms with Gasteiger partial charge in [0.2, 0.25) is 0 Å². The third kappa shape index (κ3) is 5.02. The van der Waals surface area contributed by atoms with Crippen LogP contribution in [-0.4, -0.2) is 20.7 Å². The van der Waals surface area contributed by atoms with Crippen molar-refractivity contribution in [3.63, 3.8) is 0 Å². The maximum absolute atomic E-state index is 11.7. The first kappa shape index (κ1) is 14.3. The second kappa shape index (κ2) is 6.22. The maximum atomic E-state index is 11.7. The van der Waals surface area contributed by atoms with E-state index in [4.69, 9.17) is 4.74 Å². The van der Waals surface area contributed by atoms with Gasteiger partial charge in [-0.05, 0) is 5.56 Å². The molecule has 0 saturated carbocycles. The van der Waals surface area contributed by atoms with Gasteiger partial charge < -0.3 is 4.74 Å². The fourth-order valence-corrected chi connectivity index (χ4v) is 1.85. The predicted octanol–water partition coefficient (Wildman–Crippen LogP) is 3.12. The molecule has 0 bridgehead atoms. The maximum Gasteiger partial charge on any atom is 0.339 e. The summed E-state index contributed by atoms with van der Waals surface area (Å²) in [5, 5.41) is 0. The number of hydrogen-bond donors (Lipinski definition) is 0. The molecule has 0 atom stereocenters. The van der Waals surface area contributed by atoms with E-state index < -0.39 is 14.0 Å². The molecule has 0 saturated heterocycles. The third-order valence-corrected chi connectivity index (χ3v) is 3.03. The summed E-state index contributed by atoms with van der Waals surface area (Å²) in [5.74, 6) is 2.48. The Morgan fingerprint density at radius 3 is 2.44 bits per heavy atom. The van der Waals surface area contributed by atoms with Crippen LogP contribution < -0.4 is 0 Å². The van der Waals surface area contributed by atoms with Gasteiger partial charge >= 0.3 is 5.97 Å². The highest BCUT2D eigenvalue weighted by Gasteiger charge is 2.10. The minimum atomic E-state index is -1.40. The van der Waals surface area contributed by atoms with E-state index in [-0.39, 0.29) is 6.61 Å². The van der Waals surface area contributed by atoms with E-state index in [2.05, 4.69) is 37.7 Å². The number of benzene rings is 1. The molecule has 94 valence electrons. The third-order valence-electron chi connectivity index (χ3n) is 2.11. The van der Waals surface area contributed by atoms with Crippen molar-refractivity contribution in [2.45, 2.75) is 19.6 Å². The van der Waals surface area contributed by atoms with Crippen LogP contribution in [0.25, 0.3) is 5.57 Å². The molecule has 0 aromatic heterocycles. The summed E-state index contributed by atoms with van der Waals surface area (Å²) >= 11 is 0. The molecule has 0 radical (unpaired) electrons. The number of carbonyl (C=O) groups is 1. The number of hydrogen-bond acceptors (Lipinski definition) is 2. The molecule has 0 unspecified atom stereocenters. The molecule has 0 heterocycles. The lowest BCUT2D eigenvalue weighted by molar-refractivity contribution is -0.135. The van der Waals surface area contributed by atoms with Crippen LogP contribution in [0.3, 0.4) is 0 Å². The van der Waals surface area contributed by atoms with Gasteiger partial charge in [-0.3, -0.25) is 0 Å². The molecule has 2 nitrogen and oxygen atoms in total. The van der Waals surface area contributed by atoms with Gasteiger partial charge in [-0.25, -0.2) is 4.79 Å². The Kier molecular flexibility index (Phi) is 4.93. The molecule has 0 amide bonds. The first-order valence-electron chi connectivity index (χ1n) is 5.81. The first-order valence-corrected chi connectivity index (χ1v) is 9.31. The number of ether oxygens (including phenoxy) is 1. The van der Waals surface area contributed by atoms with Crippen LogP contribution in [0.1, 0.15) is 5.56 Å². The zero-order valence-electron chi connectivity index (χ0n) is 11.1. The second-order valence-electron chi connectivity index (χ2n) is 4.97. The van der Waals surface area contributed by atoms with Gasteiger partial charge in [-0.15, -0.1) is 5.54 Å². The molecule has 0 aliphatic rings. The monoisotopic (exact) mass is 258 g/mol. The van der Waals surface area contributed by atoms with Crippen molar-refractivity contribution in [3.05, 3.63) is 42.5 Å². The number of rotatable bonds is 3. The molecular weight excluding hydrogens is 240 g/mol. The molecule has 18 heavy (non-hydrogen) atoms. The van der Waals surface area contributed by atoms with E-state index in [0.717, 1.165) is 5.56 Å². The molecule has 0 spiro atoms. The normalized spacial score (nSPS) is 10.2. The van der Waals surface area contributed by atoms with Crippen LogP contribution in [0.5, 0.6) is 0 Å². The first-order chi connectivity index (χ1) is 8.40. The van der Waals surface area contributed by atoms with Crippen molar-refractivity contribution in [2.24, 2.45) is 0 Å². The van der Waals surface area contributed by atoms with E-state index in [1.165, 1.54) is 0 Å². The number of carbonyl (C=O) groups excluding carboxylic acids is 1. The Hall–Kier alpha value is -1.79. The van der Waals surface area contributed by atoms with Crippen molar-refractivity contribution in [1.29, 1.82) is 0 Å². The smallest absolute Gasteiger partial charge is 0.339 e. The highest BCUT2D eigenvalue weighted by Crippen LogP contribution is 2.12. The van der Waals surface area contributed by atoms with Gasteiger partial charge in [0, 0.05) is 0 Å². The Bertz CT molecular complexity index is 487. The Labute approximate surface area is 110 Å². The van der Waals surface area contributed by atoms with Crippen molar-refractivity contribution >= 4 is 19.6 Å². The van der Waals surface area contributed by atoms with Crippen LogP contribution in [0.15, 0.2) is 36.9 Å². The molecule has 1 aromatic carbocycles. The Morgan fingerprint density at radius 1 is 1.28 bits per heavy atom. The topological polar surface area (TPSA) is 26.3 Å². The highest BCUT2D eigenvalue weighted by atomic mass is 28.3. The van der Waals surface area contributed by atoms with Crippen LogP contribution in [0, 0.1) is 11.5 Å².